The number of ether oxygens (including phenoxy) is 2. The Morgan fingerprint density at radius 1 is 0.889 bits per heavy atom. The summed E-state index contributed by atoms with van der Waals surface area (Å²) in [7, 11) is 1.67. The van der Waals surface area contributed by atoms with Crippen molar-refractivity contribution in [3.63, 3.8) is 0 Å². The molecule has 0 atom stereocenters. The number of hydrogen-bond acceptors (Lipinski definition) is 4. The number of pyridine rings is 1. The lowest BCUT2D eigenvalue weighted by atomic mass is 10.1. The van der Waals surface area contributed by atoms with E-state index in [2.05, 4.69) is 47.6 Å². The van der Waals surface area contributed by atoms with E-state index in [-0.39, 0.29) is 12.4 Å². The van der Waals surface area contributed by atoms with Gasteiger partial charge in [-0.25, -0.2) is 0 Å². The molecule has 27 heavy (non-hydrogen) atoms. The number of benzene rings is 2. The van der Waals surface area contributed by atoms with Gasteiger partial charge in [0.25, 0.3) is 0 Å². The van der Waals surface area contributed by atoms with Crippen molar-refractivity contribution in [2.75, 3.05) is 7.11 Å². The third-order valence-electron chi connectivity index (χ3n) is 4.10. The van der Waals surface area contributed by atoms with Gasteiger partial charge in [0, 0.05) is 19.3 Å². The molecule has 0 saturated carbocycles. The largest absolute Gasteiger partial charge is 1.00 e. The molecule has 0 aliphatic heterocycles. The van der Waals surface area contributed by atoms with Crippen molar-refractivity contribution in [3.05, 3.63) is 89.2 Å². The topological polar surface area (TPSA) is 43.4 Å². The monoisotopic (exact) mass is 383 g/mol. The fourth-order valence-corrected chi connectivity index (χ4v) is 2.62. The highest BCUT2D eigenvalue weighted by atomic mass is 35.5. The molecule has 5 heteroatoms. The maximum atomic E-state index is 5.93. The molecule has 0 spiro atoms. The van der Waals surface area contributed by atoms with Crippen molar-refractivity contribution in [2.24, 2.45) is 0 Å². The average Bonchev–Trinajstić information content (AvgIpc) is 2.69. The van der Waals surface area contributed by atoms with Gasteiger partial charge in [0.1, 0.15) is 6.61 Å². The molecular formula is C22H24ClN2O2-. The predicted molar refractivity (Wildman–Crippen MR) is 103 cm³/mol. The lowest BCUT2D eigenvalue weighted by molar-refractivity contribution is -0.00000601. The lowest BCUT2D eigenvalue weighted by Crippen LogP contribution is -3.00. The summed E-state index contributed by atoms with van der Waals surface area (Å²) in [6.45, 7) is 4.07. The molecule has 0 bridgehead atoms. The fourth-order valence-electron chi connectivity index (χ4n) is 2.62. The van der Waals surface area contributed by atoms with Crippen molar-refractivity contribution >= 4 is 0 Å². The average molecular weight is 384 g/mol. The SMILES string of the molecule is COc1cc(CNCc2ccccn2)ccc1OCc1ccc(C)cc1.[Cl-]. The molecule has 0 aliphatic rings. The summed E-state index contributed by atoms with van der Waals surface area (Å²) in [4.78, 5) is 4.31. The van der Waals surface area contributed by atoms with Crippen LogP contribution in [-0.2, 0) is 19.7 Å². The van der Waals surface area contributed by atoms with Crippen LogP contribution in [0.4, 0.5) is 0 Å². The third kappa shape index (κ3) is 6.27. The molecule has 0 aliphatic carbocycles. The molecular weight excluding hydrogens is 360 g/mol. The fraction of sp³-hybridized carbons (Fsp3) is 0.227. The number of halogens is 1. The summed E-state index contributed by atoms with van der Waals surface area (Å²) in [5.41, 5.74) is 4.55. The van der Waals surface area contributed by atoms with Crippen LogP contribution >= 0.6 is 0 Å². The van der Waals surface area contributed by atoms with Crippen LogP contribution in [0.25, 0.3) is 0 Å². The van der Waals surface area contributed by atoms with E-state index in [1.54, 1.807) is 13.3 Å². The van der Waals surface area contributed by atoms with Crippen LogP contribution in [0.2, 0.25) is 0 Å². The Morgan fingerprint density at radius 3 is 2.37 bits per heavy atom. The second kappa shape index (κ2) is 10.6. The quantitative estimate of drug-likeness (QED) is 0.636. The third-order valence-corrected chi connectivity index (χ3v) is 4.10. The number of nitrogens with one attached hydrogen (secondary N) is 1. The molecule has 142 valence electrons. The van der Waals surface area contributed by atoms with Gasteiger partial charge in [0.05, 0.1) is 12.8 Å². The molecule has 2 aromatic carbocycles. The normalized spacial score (nSPS) is 10.1. The highest BCUT2D eigenvalue weighted by Gasteiger charge is 2.06. The van der Waals surface area contributed by atoms with Gasteiger partial charge in [0.15, 0.2) is 11.5 Å². The van der Waals surface area contributed by atoms with Crippen LogP contribution in [0.1, 0.15) is 22.4 Å². The van der Waals surface area contributed by atoms with Crippen molar-refractivity contribution in [2.45, 2.75) is 26.6 Å². The molecule has 1 heterocycles. The summed E-state index contributed by atoms with van der Waals surface area (Å²) in [5.74, 6) is 1.50. The Morgan fingerprint density at radius 2 is 1.67 bits per heavy atom. The zero-order chi connectivity index (χ0) is 18.2. The van der Waals surface area contributed by atoms with Crippen LogP contribution in [0.3, 0.4) is 0 Å². The van der Waals surface area contributed by atoms with Gasteiger partial charge in [-0.15, -0.1) is 0 Å². The number of rotatable bonds is 8. The van der Waals surface area contributed by atoms with Crippen molar-refractivity contribution in [1.29, 1.82) is 0 Å². The number of aromatic nitrogens is 1. The Balaban J connectivity index is 0.00000261. The Labute approximate surface area is 167 Å². The van der Waals surface area contributed by atoms with Gasteiger partial charge in [-0.1, -0.05) is 42.0 Å². The molecule has 0 saturated heterocycles. The zero-order valence-corrected chi connectivity index (χ0v) is 16.4. The minimum absolute atomic E-state index is 0. The van der Waals surface area contributed by atoms with Gasteiger partial charge in [-0.05, 0) is 42.3 Å². The molecule has 0 fully saturated rings. The maximum absolute atomic E-state index is 5.93. The number of hydrogen-bond donors (Lipinski definition) is 1. The Kier molecular flexibility index (Phi) is 8.11. The first-order chi connectivity index (χ1) is 12.7. The second-order valence-corrected chi connectivity index (χ2v) is 6.18. The summed E-state index contributed by atoms with van der Waals surface area (Å²) in [6, 6.07) is 20.3. The summed E-state index contributed by atoms with van der Waals surface area (Å²) >= 11 is 0. The molecule has 3 rings (SSSR count). The molecule has 1 N–H and O–H groups in total. The van der Waals surface area contributed by atoms with Gasteiger partial charge in [-0.2, -0.15) is 0 Å². The zero-order valence-electron chi connectivity index (χ0n) is 15.6. The van der Waals surface area contributed by atoms with Crippen LogP contribution in [0.5, 0.6) is 11.5 Å². The van der Waals surface area contributed by atoms with Crippen LogP contribution in [-0.4, -0.2) is 12.1 Å². The van der Waals surface area contributed by atoms with Crippen molar-refractivity contribution in [3.8, 4) is 11.5 Å². The van der Waals surface area contributed by atoms with Crippen LogP contribution < -0.4 is 27.2 Å². The minimum Gasteiger partial charge on any atom is -1.00 e. The first-order valence-corrected chi connectivity index (χ1v) is 8.70. The van der Waals surface area contributed by atoms with E-state index in [1.807, 2.05) is 30.3 Å². The first kappa shape index (κ1) is 20.7. The highest BCUT2D eigenvalue weighted by molar-refractivity contribution is 5.43. The van der Waals surface area contributed by atoms with E-state index in [9.17, 15) is 0 Å². The Hall–Kier alpha value is -2.56. The highest BCUT2D eigenvalue weighted by Crippen LogP contribution is 2.29. The molecule has 3 aromatic rings. The van der Waals surface area contributed by atoms with Gasteiger partial charge >= 0.3 is 0 Å². The van der Waals surface area contributed by atoms with Crippen LogP contribution in [0.15, 0.2) is 66.9 Å². The summed E-state index contributed by atoms with van der Waals surface area (Å²) in [6.07, 6.45) is 1.81. The van der Waals surface area contributed by atoms with Gasteiger partial charge in [0.2, 0.25) is 0 Å². The van der Waals surface area contributed by atoms with E-state index in [0.717, 1.165) is 41.4 Å². The molecule has 0 amide bonds. The standard InChI is InChI=1S/C22H24N2O2.ClH/c1-17-6-8-18(9-7-17)16-26-21-11-10-19(13-22(21)25-2)14-23-15-20-5-3-4-12-24-20;/h3-13,23H,14-16H2,1-2H3;1H/p-1. The summed E-state index contributed by atoms with van der Waals surface area (Å²) < 4.78 is 11.4. The first-order valence-electron chi connectivity index (χ1n) is 8.70. The van der Waals surface area contributed by atoms with Crippen molar-refractivity contribution in [1.82, 2.24) is 10.3 Å². The lowest BCUT2D eigenvalue weighted by Gasteiger charge is -2.13. The molecule has 4 nitrogen and oxygen atoms in total. The number of aryl methyl sites for hydroxylation is 1. The van der Waals surface area contributed by atoms with E-state index in [0.29, 0.717) is 6.61 Å². The second-order valence-electron chi connectivity index (χ2n) is 6.18. The van der Waals surface area contributed by atoms with Crippen LogP contribution in [0, 0.1) is 6.92 Å². The smallest absolute Gasteiger partial charge is 0.161 e. The van der Waals surface area contributed by atoms with Gasteiger partial charge < -0.3 is 27.2 Å². The molecule has 0 radical (unpaired) electrons. The summed E-state index contributed by atoms with van der Waals surface area (Å²) in [5, 5.41) is 3.39. The Bertz CT molecular complexity index is 823. The molecule has 1 aromatic heterocycles. The van der Waals surface area contributed by atoms with E-state index >= 15 is 0 Å². The molecule has 0 unspecified atom stereocenters. The van der Waals surface area contributed by atoms with E-state index in [1.165, 1.54) is 5.56 Å². The van der Waals surface area contributed by atoms with Crippen molar-refractivity contribution < 1.29 is 21.9 Å². The number of nitrogens with zero attached hydrogens (tertiary/aromatic N) is 1. The minimum atomic E-state index is 0. The van der Waals surface area contributed by atoms with E-state index < -0.39 is 0 Å². The van der Waals surface area contributed by atoms with Gasteiger partial charge in [-0.3, -0.25) is 4.98 Å². The predicted octanol–water partition coefficient (Wildman–Crippen LogP) is 1.27. The maximum Gasteiger partial charge on any atom is 0.161 e. The number of methoxy groups -OCH3 is 1. The van der Waals surface area contributed by atoms with E-state index in [4.69, 9.17) is 9.47 Å².